The van der Waals surface area contributed by atoms with E-state index in [0.717, 1.165) is 0 Å². The number of aromatic nitrogens is 2. The van der Waals surface area contributed by atoms with Crippen LogP contribution in [0.1, 0.15) is 0 Å². The smallest absolute Gasteiger partial charge is 0.271 e. The van der Waals surface area contributed by atoms with Gasteiger partial charge in [-0.05, 0) is 18.2 Å². The summed E-state index contributed by atoms with van der Waals surface area (Å²) in [5, 5.41) is 11.4. The Bertz CT molecular complexity index is 1170. The lowest BCUT2D eigenvalue weighted by Crippen LogP contribution is -2.07. The third-order valence-corrected chi connectivity index (χ3v) is 4.00. The van der Waals surface area contributed by atoms with Gasteiger partial charge in [0.05, 0.1) is 21.3 Å². The Kier molecular flexibility index (Phi) is 2.96. The average molecular weight is 321 g/mol. The molecule has 0 bridgehead atoms. The van der Waals surface area contributed by atoms with Gasteiger partial charge in [0.2, 0.25) is 5.43 Å². The van der Waals surface area contributed by atoms with E-state index in [2.05, 4.69) is 4.98 Å². The second kappa shape index (κ2) is 5.02. The van der Waals surface area contributed by atoms with Crippen molar-refractivity contribution in [3.63, 3.8) is 0 Å². The van der Waals surface area contributed by atoms with E-state index < -0.39 is 4.92 Å². The molecule has 0 amide bonds. The molecule has 4 aromatic rings. The summed E-state index contributed by atoms with van der Waals surface area (Å²) in [5.41, 5.74) is 1.73. The van der Waals surface area contributed by atoms with E-state index in [4.69, 9.17) is 4.42 Å². The molecule has 0 atom stereocenters. The van der Waals surface area contributed by atoms with Crippen LogP contribution >= 0.6 is 0 Å². The van der Waals surface area contributed by atoms with Gasteiger partial charge in [-0.1, -0.05) is 12.1 Å². The molecule has 2 heterocycles. The van der Waals surface area contributed by atoms with Crippen LogP contribution in [0.2, 0.25) is 0 Å². The second-order valence-electron chi connectivity index (χ2n) is 5.40. The average Bonchev–Trinajstić information content (AvgIpc) is 2.91. The Morgan fingerprint density at radius 1 is 1.21 bits per heavy atom. The molecule has 7 heteroatoms. The van der Waals surface area contributed by atoms with Crippen molar-refractivity contribution in [3.05, 3.63) is 69.1 Å². The molecule has 0 unspecified atom stereocenters. The monoisotopic (exact) mass is 321 g/mol. The van der Waals surface area contributed by atoms with Crippen LogP contribution in [0.4, 0.5) is 5.69 Å². The van der Waals surface area contributed by atoms with E-state index in [-0.39, 0.29) is 11.1 Å². The van der Waals surface area contributed by atoms with Gasteiger partial charge in [0.1, 0.15) is 23.2 Å². The fourth-order valence-corrected chi connectivity index (χ4v) is 2.77. The summed E-state index contributed by atoms with van der Waals surface area (Å²) < 4.78 is 7.25. The Morgan fingerprint density at radius 2 is 2.00 bits per heavy atom. The quantitative estimate of drug-likeness (QED) is 0.417. The third-order valence-electron chi connectivity index (χ3n) is 4.00. The lowest BCUT2D eigenvalue weighted by Gasteiger charge is -2.03. The molecular formula is C17H11N3O4. The zero-order valence-corrected chi connectivity index (χ0v) is 12.6. The van der Waals surface area contributed by atoms with Gasteiger partial charge in [-0.3, -0.25) is 14.9 Å². The summed E-state index contributed by atoms with van der Waals surface area (Å²) in [6, 6.07) is 11.4. The van der Waals surface area contributed by atoms with E-state index in [1.165, 1.54) is 18.4 Å². The number of non-ortho nitro benzene ring substituents is 1. The van der Waals surface area contributed by atoms with Crippen molar-refractivity contribution in [2.75, 3.05) is 0 Å². The number of aryl methyl sites for hydroxylation is 1. The van der Waals surface area contributed by atoms with Crippen LogP contribution < -0.4 is 5.43 Å². The van der Waals surface area contributed by atoms with Crippen LogP contribution in [-0.4, -0.2) is 14.5 Å². The van der Waals surface area contributed by atoms with Gasteiger partial charge >= 0.3 is 0 Å². The predicted molar refractivity (Wildman–Crippen MR) is 88.8 cm³/mol. The van der Waals surface area contributed by atoms with E-state index in [9.17, 15) is 14.9 Å². The van der Waals surface area contributed by atoms with Crippen molar-refractivity contribution in [1.29, 1.82) is 0 Å². The number of para-hydroxylation sites is 1. The lowest BCUT2D eigenvalue weighted by atomic mass is 10.1. The van der Waals surface area contributed by atoms with Crippen LogP contribution in [0.5, 0.6) is 0 Å². The van der Waals surface area contributed by atoms with Crippen molar-refractivity contribution in [1.82, 2.24) is 9.55 Å². The molecule has 0 radical (unpaired) electrons. The molecule has 0 saturated heterocycles. The van der Waals surface area contributed by atoms with Gasteiger partial charge in [0.15, 0.2) is 0 Å². The van der Waals surface area contributed by atoms with E-state index in [1.807, 2.05) is 0 Å². The van der Waals surface area contributed by atoms with Crippen LogP contribution in [0.25, 0.3) is 33.4 Å². The van der Waals surface area contributed by atoms with Crippen molar-refractivity contribution in [3.8, 4) is 11.4 Å². The predicted octanol–water partition coefficient (Wildman–Crippen LogP) is 3.25. The molecule has 7 nitrogen and oxygen atoms in total. The zero-order chi connectivity index (χ0) is 16.8. The van der Waals surface area contributed by atoms with Gasteiger partial charge in [-0.25, -0.2) is 4.98 Å². The highest BCUT2D eigenvalue weighted by Crippen LogP contribution is 2.26. The largest absolute Gasteiger partial charge is 0.463 e. The van der Waals surface area contributed by atoms with Gasteiger partial charge in [0, 0.05) is 19.2 Å². The Balaban J connectivity index is 2.00. The van der Waals surface area contributed by atoms with Gasteiger partial charge in [-0.2, -0.15) is 0 Å². The minimum absolute atomic E-state index is 0.0438. The highest BCUT2D eigenvalue weighted by Gasteiger charge is 2.17. The first kappa shape index (κ1) is 14.1. The number of fused-ring (bicyclic) bond motifs is 2. The van der Waals surface area contributed by atoms with Crippen LogP contribution in [0, 0.1) is 10.1 Å². The molecule has 0 aliphatic rings. The molecule has 2 aromatic carbocycles. The van der Waals surface area contributed by atoms with Crippen LogP contribution in [-0.2, 0) is 7.05 Å². The normalized spacial score (nSPS) is 11.2. The first-order chi connectivity index (χ1) is 11.6. The molecule has 2 aromatic heterocycles. The summed E-state index contributed by atoms with van der Waals surface area (Å²) in [6.07, 6.45) is 1.38. The van der Waals surface area contributed by atoms with Crippen LogP contribution in [0.3, 0.4) is 0 Å². The second-order valence-corrected chi connectivity index (χ2v) is 5.40. The molecular weight excluding hydrogens is 310 g/mol. The van der Waals surface area contributed by atoms with E-state index in [0.29, 0.717) is 33.4 Å². The van der Waals surface area contributed by atoms with Crippen molar-refractivity contribution >= 4 is 27.7 Å². The maximum atomic E-state index is 12.7. The molecule has 0 fully saturated rings. The minimum atomic E-state index is -0.474. The topological polar surface area (TPSA) is 91.2 Å². The fraction of sp³-hybridized carbons (Fsp3) is 0.0588. The highest BCUT2D eigenvalue weighted by atomic mass is 16.6. The number of nitro benzene ring substituents is 1. The summed E-state index contributed by atoms with van der Waals surface area (Å²) in [6.45, 7) is 0. The summed E-state index contributed by atoms with van der Waals surface area (Å²) in [4.78, 5) is 27.5. The number of imidazole rings is 1. The Morgan fingerprint density at radius 3 is 2.79 bits per heavy atom. The van der Waals surface area contributed by atoms with Crippen LogP contribution in [0.15, 0.2) is 57.9 Å². The molecule has 118 valence electrons. The van der Waals surface area contributed by atoms with Gasteiger partial charge < -0.3 is 8.98 Å². The van der Waals surface area contributed by atoms with Gasteiger partial charge in [-0.15, -0.1) is 0 Å². The first-order valence-corrected chi connectivity index (χ1v) is 7.18. The van der Waals surface area contributed by atoms with Crippen molar-refractivity contribution < 1.29 is 9.34 Å². The van der Waals surface area contributed by atoms with E-state index >= 15 is 0 Å². The molecule has 0 aliphatic heterocycles. The summed E-state index contributed by atoms with van der Waals surface area (Å²) >= 11 is 0. The number of rotatable bonds is 2. The van der Waals surface area contributed by atoms with E-state index in [1.54, 1.807) is 41.9 Å². The maximum absolute atomic E-state index is 12.7. The standard InChI is InChI=1S/C17H11N3O4/c1-19-14-7-6-10(20(22)23)8-13(14)18-17(19)12-9-24-15-5-3-2-4-11(15)16(12)21/h2-9H,1H3. The fourth-order valence-electron chi connectivity index (χ4n) is 2.77. The maximum Gasteiger partial charge on any atom is 0.271 e. The molecule has 0 aliphatic carbocycles. The zero-order valence-electron chi connectivity index (χ0n) is 12.6. The molecule has 0 spiro atoms. The third kappa shape index (κ3) is 1.98. The lowest BCUT2D eigenvalue weighted by molar-refractivity contribution is -0.384. The summed E-state index contributed by atoms with van der Waals surface area (Å²) in [7, 11) is 1.76. The molecule has 24 heavy (non-hydrogen) atoms. The minimum Gasteiger partial charge on any atom is -0.463 e. The summed E-state index contributed by atoms with van der Waals surface area (Å²) in [5.74, 6) is 0.407. The van der Waals surface area contributed by atoms with Crippen molar-refractivity contribution in [2.24, 2.45) is 7.05 Å². The number of nitro groups is 1. The molecule has 0 saturated carbocycles. The molecule has 4 rings (SSSR count). The number of hydrogen-bond donors (Lipinski definition) is 0. The highest BCUT2D eigenvalue weighted by molar-refractivity contribution is 5.85. The Hall–Kier alpha value is -3.48. The number of hydrogen-bond acceptors (Lipinski definition) is 5. The SMILES string of the molecule is Cn1c(-c2coc3ccccc3c2=O)nc2cc([N+](=O)[O-])ccc21. The first-order valence-electron chi connectivity index (χ1n) is 7.18. The number of benzene rings is 2. The number of nitrogens with zero attached hydrogens (tertiary/aromatic N) is 3. The Labute approximate surface area is 134 Å². The van der Waals surface area contributed by atoms with Gasteiger partial charge in [0.25, 0.3) is 5.69 Å². The van der Waals surface area contributed by atoms with Crippen molar-refractivity contribution in [2.45, 2.75) is 0 Å². The molecule has 0 N–H and O–H groups in total.